The predicted molar refractivity (Wildman–Crippen MR) is 73.5 cm³/mol. The maximum atomic E-state index is 5.36. The number of hydrogen-bond donors (Lipinski definition) is 1. The van der Waals surface area contributed by atoms with Crippen LogP contribution in [0.2, 0.25) is 0 Å². The number of rotatable bonds is 6. The second kappa shape index (κ2) is 6.29. The minimum absolute atomic E-state index is 0.170. The quantitative estimate of drug-likeness (QED) is 0.867. The Labute approximate surface area is 113 Å². The summed E-state index contributed by atoms with van der Waals surface area (Å²) in [5.41, 5.74) is 1.14. The highest BCUT2D eigenvalue weighted by molar-refractivity contribution is 5.42. The number of nitrogens with one attached hydrogen (secondary N) is 1. The first kappa shape index (κ1) is 13.5. The molecule has 19 heavy (non-hydrogen) atoms. The highest BCUT2D eigenvalue weighted by Gasteiger charge is 2.09. The van der Waals surface area contributed by atoms with Gasteiger partial charge in [-0.15, -0.1) is 0 Å². The van der Waals surface area contributed by atoms with Crippen molar-refractivity contribution in [3.63, 3.8) is 0 Å². The zero-order valence-electron chi connectivity index (χ0n) is 11.5. The molecule has 1 heterocycles. The van der Waals surface area contributed by atoms with Crippen molar-refractivity contribution in [2.45, 2.75) is 19.5 Å². The van der Waals surface area contributed by atoms with Crippen LogP contribution in [0.25, 0.3) is 0 Å². The van der Waals surface area contributed by atoms with Gasteiger partial charge in [-0.3, -0.25) is 0 Å². The van der Waals surface area contributed by atoms with Gasteiger partial charge in [-0.25, -0.2) is 0 Å². The summed E-state index contributed by atoms with van der Waals surface area (Å²) in [4.78, 5) is 0. The van der Waals surface area contributed by atoms with Crippen molar-refractivity contribution in [2.75, 3.05) is 14.2 Å². The molecule has 1 aromatic heterocycles. The molecule has 0 fully saturated rings. The Bertz CT molecular complexity index is 508. The van der Waals surface area contributed by atoms with Gasteiger partial charge in [-0.1, -0.05) is 6.07 Å². The molecule has 1 aromatic carbocycles. The van der Waals surface area contributed by atoms with Crippen molar-refractivity contribution >= 4 is 0 Å². The smallest absolute Gasteiger partial charge is 0.161 e. The molecule has 0 saturated carbocycles. The van der Waals surface area contributed by atoms with Crippen molar-refractivity contribution in [3.8, 4) is 11.5 Å². The van der Waals surface area contributed by atoms with E-state index >= 15 is 0 Å². The summed E-state index contributed by atoms with van der Waals surface area (Å²) >= 11 is 0. The fraction of sp³-hybridized carbons (Fsp3) is 0.333. The van der Waals surface area contributed by atoms with Gasteiger partial charge in [-0.05, 0) is 36.8 Å². The highest BCUT2D eigenvalue weighted by atomic mass is 16.5. The lowest BCUT2D eigenvalue weighted by molar-refractivity contribution is 0.354. The lowest BCUT2D eigenvalue weighted by atomic mass is 10.1. The summed E-state index contributed by atoms with van der Waals surface area (Å²) in [5.74, 6) is 2.42. The lowest BCUT2D eigenvalue weighted by Crippen LogP contribution is -2.17. The Balaban J connectivity index is 1.99. The molecule has 102 valence electrons. The molecule has 0 saturated heterocycles. The topological polar surface area (TPSA) is 43.6 Å². The monoisotopic (exact) mass is 261 g/mol. The summed E-state index contributed by atoms with van der Waals surface area (Å²) < 4.78 is 15.9. The Morgan fingerprint density at radius 2 is 1.95 bits per heavy atom. The Morgan fingerprint density at radius 1 is 1.16 bits per heavy atom. The van der Waals surface area contributed by atoms with Crippen molar-refractivity contribution in [1.29, 1.82) is 0 Å². The molecule has 0 radical (unpaired) electrons. The van der Waals surface area contributed by atoms with Crippen LogP contribution in [0.5, 0.6) is 11.5 Å². The van der Waals surface area contributed by atoms with Crippen LogP contribution in [0.3, 0.4) is 0 Å². The molecule has 0 amide bonds. The van der Waals surface area contributed by atoms with E-state index in [4.69, 9.17) is 13.9 Å². The van der Waals surface area contributed by atoms with Crippen LogP contribution >= 0.6 is 0 Å². The maximum absolute atomic E-state index is 5.36. The van der Waals surface area contributed by atoms with Crippen LogP contribution in [0.15, 0.2) is 41.0 Å². The van der Waals surface area contributed by atoms with Gasteiger partial charge in [-0.2, -0.15) is 0 Å². The first-order chi connectivity index (χ1) is 9.24. The molecule has 0 bridgehead atoms. The van der Waals surface area contributed by atoms with Crippen molar-refractivity contribution in [2.24, 2.45) is 0 Å². The molecule has 1 N–H and O–H groups in total. The molecule has 0 spiro atoms. The maximum Gasteiger partial charge on any atom is 0.161 e. The third kappa shape index (κ3) is 3.29. The van der Waals surface area contributed by atoms with E-state index in [0.29, 0.717) is 0 Å². The summed E-state index contributed by atoms with van der Waals surface area (Å²) in [6, 6.07) is 9.93. The van der Waals surface area contributed by atoms with Crippen LogP contribution < -0.4 is 14.8 Å². The van der Waals surface area contributed by atoms with Crippen molar-refractivity contribution < 1.29 is 13.9 Å². The van der Waals surface area contributed by atoms with E-state index < -0.39 is 0 Å². The van der Waals surface area contributed by atoms with Crippen LogP contribution in [-0.2, 0) is 6.54 Å². The molecule has 0 unspecified atom stereocenters. The number of methoxy groups -OCH3 is 2. The van der Waals surface area contributed by atoms with E-state index in [2.05, 4.69) is 12.2 Å². The van der Waals surface area contributed by atoms with Gasteiger partial charge in [0.15, 0.2) is 11.5 Å². The summed E-state index contributed by atoms with van der Waals surface area (Å²) in [7, 11) is 3.27. The van der Waals surface area contributed by atoms with Crippen LogP contribution in [0.4, 0.5) is 0 Å². The molecule has 4 nitrogen and oxygen atoms in total. The zero-order chi connectivity index (χ0) is 13.7. The molecule has 0 aliphatic heterocycles. The van der Waals surface area contributed by atoms with Crippen LogP contribution in [0.1, 0.15) is 24.3 Å². The SMILES string of the molecule is COc1ccc(CN[C@H](C)c2ccco2)cc1OC. The van der Waals surface area contributed by atoms with Crippen LogP contribution in [-0.4, -0.2) is 14.2 Å². The summed E-state index contributed by atoms with van der Waals surface area (Å²) in [5, 5.41) is 3.40. The predicted octanol–water partition coefficient (Wildman–Crippen LogP) is 3.15. The standard InChI is InChI=1S/C15H19NO3/c1-11(13-5-4-8-19-13)16-10-12-6-7-14(17-2)15(9-12)18-3/h4-9,11,16H,10H2,1-3H3/t11-/m1/s1. The first-order valence-corrected chi connectivity index (χ1v) is 6.22. The molecule has 0 aliphatic rings. The Kier molecular flexibility index (Phi) is 4.47. The number of ether oxygens (including phenoxy) is 2. The second-order valence-electron chi connectivity index (χ2n) is 4.31. The minimum atomic E-state index is 0.170. The summed E-state index contributed by atoms with van der Waals surface area (Å²) in [6.45, 7) is 2.81. The average molecular weight is 261 g/mol. The van der Waals surface area contributed by atoms with Gasteiger partial charge in [0.25, 0.3) is 0 Å². The largest absolute Gasteiger partial charge is 0.493 e. The number of benzene rings is 1. The Hall–Kier alpha value is -1.94. The second-order valence-corrected chi connectivity index (χ2v) is 4.31. The molecule has 1 atom stereocenters. The fourth-order valence-corrected chi connectivity index (χ4v) is 1.90. The summed E-state index contributed by atoms with van der Waals surface area (Å²) in [6.07, 6.45) is 1.68. The van der Waals surface area contributed by atoms with Crippen molar-refractivity contribution in [1.82, 2.24) is 5.32 Å². The molecule has 2 rings (SSSR count). The zero-order valence-corrected chi connectivity index (χ0v) is 11.5. The first-order valence-electron chi connectivity index (χ1n) is 6.22. The average Bonchev–Trinajstić information content (AvgIpc) is 2.98. The third-order valence-electron chi connectivity index (χ3n) is 3.03. The van der Waals surface area contributed by atoms with Gasteiger partial charge in [0.1, 0.15) is 5.76 Å². The minimum Gasteiger partial charge on any atom is -0.493 e. The van der Waals surface area contributed by atoms with E-state index in [9.17, 15) is 0 Å². The normalized spacial score (nSPS) is 12.2. The van der Waals surface area contributed by atoms with Gasteiger partial charge in [0.05, 0.1) is 26.5 Å². The van der Waals surface area contributed by atoms with Gasteiger partial charge in [0.2, 0.25) is 0 Å². The van der Waals surface area contributed by atoms with E-state index in [0.717, 1.165) is 29.4 Å². The van der Waals surface area contributed by atoms with Crippen LogP contribution in [0, 0.1) is 0 Å². The van der Waals surface area contributed by atoms with E-state index in [1.807, 2.05) is 30.3 Å². The molecule has 4 heteroatoms. The van der Waals surface area contributed by atoms with Crippen molar-refractivity contribution in [3.05, 3.63) is 47.9 Å². The number of hydrogen-bond acceptors (Lipinski definition) is 4. The van der Waals surface area contributed by atoms with Gasteiger partial charge >= 0.3 is 0 Å². The molecule has 0 aliphatic carbocycles. The highest BCUT2D eigenvalue weighted by Crippen LogP contribution is 2.27. The van der Waals surface area contributed by atoms with E-state index in [-0.39, 0.29) is 6.04 Å². The van der Waals surface area contributed by atoms with E-state index in [1.165, 1.54) is 0 Å². The molecular formula is C15H19NO3. The third-order valence-corrected chi connectivity index (χ3v) is 3.03. The molecule has 2 aromatic rings. The number of furan rings is 1. The lowest BCUT2D eigenvalue weighted by Gasteiger charge is -2.13. The fourth-order valence-electron chi connectivity index (χ4n) is 1.90. The van der Waals surface area contributed by atoms with Gasteiger partial charge in [0, 0.05) is 6.54 Å². The molecular weight excluding hydrogens is 242 g/mol. The van der Waals surface area contributed by atoms with Gasteiger partial charge < -0.3 is 19.2 Å². The van der Waals surface area contributed by atoms with E-state index in [1.54, 1.807) is 20.5 Å². The Morgan fingerprint density at radius 3 is 2.58 bits per heavy atom.